The van der Waals surface area contributed by atoms with Gasteiger partial charge in [0.2, 0.25) is 10.0 Å². The highest BCUT2D eigenvalue weighted by Crippen LogP contribution is 2.51. The number of nitrogens with zero attached hydrogens (tertiary/aromatic N) is 2. The highest BCUT2D eigenvalue weighted by Gasteiger charge is 2.42. The van der Waals surface area contributed by atoms with Crippen LogP contribution in [0.2, 0.25) is 0 Å². The molecule has 2 aromatic rings. The van der Waals surface area contributed by atoms with Gasteiger partial charge in [0.1, 0.15) is 5.75 Å². The fourth-order valence-corrected chi connectivity index (χ4v) is 4.60. The highest BCUT2D eigenvalue weighted by atomic mass is 32.2. The van der Waals surface area contributed by atoms with Crippen LogP contribution in [0, 0.1) is 17.2 Å². The number of sulfonamides is 1. The first-order valence-electron chi connectivity index (χ1n) is 9.90. The predicted octanol–water partition coefficient (Wildman–Crippen LogP) is 4.04. The van der Waals surface area contributed by atoms with Gasteiger partial charge in [0.05, 0.1) is 30.9 Å². The van der Waals surface area contributed by atoms with Gasteiger partial charge < -0.3 is 9.64 Å². The van der Waals surface area contributed by atoms with E-state index in [0.717, 1.165) is 29.1 Å². The molecule has 0 amide bonds. The third kappa shape index (κ3) is 3.90. The molecule has 1 heterocycles. The van der Waals surface area contributed by atoms with E-state index in [9.17, 15) is 13.7 Å². The van der Waals surface area contributed by atoms with Gasteiger partial charge in [-0.05, 0) is 55.0 Å². The van der Waals surface area contributed by atoms with Crippen LogP contribution < -0.4 is 14.4 Å². The Hall–Kier alpha value is -2.72. The molecule has 2 atom stereocenters. The minimum absolute atomic E-state index is 0.0280. The fraction of sp³-hybridized carbons (Fsp3) is 0.409. The van der Waals surface area contributed by atoms with Crippen LogP contribution in [-0.2, 0) is 10.0 Å². The van der Waals surface area contributed by atoms with Gasteiger partial charge in [0.15, 0.2) is 0 Å². The first kappa shape index (κ1) is 19.6. The van der Waals surface area contributed by atoms with Crippen LogP contribution in [0.15, 0.2) is 42.5 Å². The molecule has 1 aliphatic heterocycles. The number of rotatable bonds is 7. The van der Waals surface area contributed by atoms with E-state index in [4.69, 9.17) is 4.74 Å². The lowest BCUT2D eigenvalue weighted by molar-refractivity contribution is 0.415. The molecule has 1 N–H and O–H groups in total. The lowest BCUT2D eigenvalue weighted by atomic mass is 9.91. The van der Waals surface area contributed by atoms with Crippen molar-refractivity contribution in [3.05, 3.63) is 53.6 Å². The maximum absolute atomic E-state index is 11.8. The first-order valence-corrected chi connectivity index (χ1v) is 11.6. The largest absolute Gasteiger partial charge is 0.497 e. The molecular formula is C22H25N3O3S. The molecule has 0 radical (unpaired) electrons. The van der Waals surface area contributed by atoms with E-state index < -0.39 is 10.0 Å². The molecule has 0 bridgehead atoms. The molecule has 0 spiro atoms. The Labute approximate surface area is 172 Å². The monoisotopic (exact) mass is 411 g/mol. The topological polar surface area (TPSA) is 82.4 Å². The number of anilines is 2. The highest BCUT2D eigenvalue weighted by molar-refractivity contribution is 7.92. The van der Waals surface area contributed by atoms with Crippen molar-refractivity contribution in [2.75, 3.05) is 29.0 Å². The molecule has 2 aromatic carbocycles. The van der Waals surface area contributed by atoms with E-state index in [1.807, 2.05) is 30.3 Å². The first-order chi connectivity index (χ1) is 14.0. The Morgan fingerprint density at radius 2 is 1.93 bits per heavy atom. The molecular weight excluding hydrogens is 386 g/mol. The normalized spacial score (nSPS) is 20.8. The summed E-state index contributed by atoms with van der Waals surface area (Å²) in [6.45, 7) is 2.52. The number of fused-ring (bicyclic) bond motifs is 1. The molecule has 1 aliphatic carbocycles. The molecule has 6 nitrogen and oxygen atoms in total. The molecule has 0 saturated heterocycles. The summed E-state index contributed by atoms with van der Waals surface area (Å²) in [6, 6.07) is 15.7. The molecule has 0 aromatic heterocycles. The van der Waals surface area contributed by atoms with Crippen molar-refractivity contribution in [2.24, 2.45) is 5.92 Å². The molecule has 152 valence electrons. The molecule has 29 heavy (non-hydrogen) atoms. The van der Waals surface area contributed by atoms with E-state index in [-0.39, 0.29) is 17.7 Å². The Bertz CT molecular complexity index is 1040. The zero-order valence-corrected chi connectivity index (χ0v) is 17.4. The van der Waals surface area contributed by atoms with Crippen LogP contribution in [0.25, 0.3) is 0 Å². The van der Waals surface area contributed by atoms with Gasteiger partial charge in [0, 0.05) is 24.0 Å². The minimum atomic E-state index is -3.32. The standard InChI is InChI=1S/C22H25N3O3S/c1-3-29(26,27)24-17-8-6-16(7-9-17)22-20(13-23)19-11-10-18(28-2)12-21(19)25(22)14-15-4-5-15/h6-12,15,20,22,24H,3-5,14H2,1-2H3. The van der Waals surface area contributed by atoms with Crippen LogP contribution in [0.3, 0.4) is 0 Å². The van der Waals surface area contributed by atoms with Crippen LogP contribution >= 0.6 is 0 Å². The summed E-state index contributed by atoms with van der Waals surface area (Å²) in [5, 5.41) is 9.98. The van der Waals surface area contributed by atoms with Gasteiger partial charge in [-0.1, -0.05) is 18.2 Å². The zero-order chi connectivity index (χ0) is 20.6. The van der Waals surface area contributed by atoms with Gasteiger partial charge in [-0.25, -0.2) is 8.42 Å². The van der Waals surface area contributed by atoms with Gasteiger partial charge in [-0.15, -0.1) is 0 Å². The molecule has 1 fully saturated rings. The van der Waals surface area contributed by atoms with Crippen molar-refractivity contribution < 1.29 is 13.2 Å². The van der Waals surface area contributed by atoms with E-state index in [1.165, 1.54) is 12.8 Å². The van der Waals surface area contributed by atoms with Crippen molar-refractivity contribution in [1.29, 1.82) is 5.26 Å². The Morgan fingerprint density at radius 3 is 2.52 bits per heavy atom. The van der Waals surface area contributed by atoms with Crippen molar-refractivity contribution in [2.45, 2.75) is 31.7 Å². The summed E-state index contributed by atoms with van der Waals surface area (Å²) in [5.74, 6) is 1.18. The Balaban J connectivity index is 1.70. The maximum atomic E-state index is 11.8. The third-order valence-electron chi connectivity index (χ3n) is 5.73. The second kappa shape index (κ2) is 7.60. The number of benzene rings is 2. The number of hydrogen-bond acceptors (Lipinski definition) is 5. The zero-order valence-electron chi connectivity index (χ0n) is 16.6. The summed E-state index contributed by atoms with van der Waals surface area (Å²) in [4.78, 5) is 2.33. The average Bonchev–Trinajstić information content (AvgIpc) is 3.49. The fourth-order valence-electron chi connectivity index (χ4n) is 3.97. The Kier molecular flexibility index (Phi) is 5.13. The lowest BCUT2D eigenvalue weighted by Gasteiger charge is -2.29. The SMILES string of the molecule is CCS(=O)(=O)Nc1ccc(C2C(C#N)c3ccc(OC)cc3N2CC2CC2)cc1. The summed E-state index contributed by atoms with van der Waals surface area (Å²) >= 11 is 0. The number of ether oxygens (including phenoxy) is 1. The summed E-state index contributed by atoms with van der Waals surface area (Å²) in [5.41, 5.74) is 3.63. The smallest absolute Gasteiger partial charge is 0.232 e. The number of nitrogens with one attached hydrogen (secondary N) is 1. The second-order valence-electron chi connectivity index (χ2n) is 7.70. The lowest BCUT2D eigenvalue weighted by Crippen LogP contribution is -2.28. The van der Waals surface area contributed by atoms with Gasteiger partial charge in [0.25, 0.3) is 0 Å². The predicted molar refractivity (Wildman–Crippen MR) is 114 cm³/mol. The van der Waals surface area contributed by atoms with E-state index in [1.54, 1.807) is 26.2 Å². The van der Waals surface area contributed by atoms with E-state index in [0.29, 0.717) is 11.6 Å². The van der Waals surface area contributed by atoms with Crippen molar-refractivity contribution in [3.63, 3.8) is 0 Å². The summed E-state index contributed by atoms with van der Waals surface area (Å²) in [6.07, 6.45) is 2.44. The number of hydrogen-bond donors (Lipinski definition) is 1. The molecule has 4 rings (SSSR count). The minimum Gasteiger partial charge on any atom is -0.497 e. The molecule has 1 saturated carbocycles. The van der Waals surface area contributed by atoms with Crippen LogP contribution in [-0.4, -0.2) is 27.8 Å². The number of nitriles is 1. The summed E-state index contributed by atoms with van der Waals surface area (Å²) in [7, 11) is -1.67. The van der Waals surface area contributed by atoms with Crippen molar-refractivity contribution in [3.8, 4) is 11.8 Å². The number of methoxy groups -OCH3 is 1. The second-order valence-corrected chi connectivity index (χ2v) is 9.71. The van der Waals surface area contributed by atoms with E-state index >= 15 is 0 Å². The summed E-state index contributed by atoms with van der Waals surface area (Å²) < 4.78 is 31.6. The van der Waals surface area contributed by atoms with E-state index in [2.05, 4.69) is 15.7 Å². The third-order valence-corrected chi connectivity index (χ3v) is 7.04. The van der Waals surface area contributed by atoms with Crippen LogP contribution in [0.4, 0.5) is 11.4 Å². The quantitative estimate of drug-likeness (QED) is 0.744. The van der Waals surface area contributed by atoms with Crippen LogP contribution in [0.1, 0.15) is 42.9 Å². The maximum Gasteiger partial charge on any atom is 0.232 e. The molecule has 2 unspecified atom stereocenters. The Morgan fingerprint density at radius 1 is 1.21 bits per heavy atom. The average molecular weight is 412 g/mol. The molecule has 7 heteroatoms. The van der Waals surface area contributed by atoms with Crippen molar-refractivity contribution in [1.82, 2.24) is 0 Å². The van der Waals surface area contributed by atoms with Gasteiger partial charge in [-0.2, -0.15) is 5.26 Å². The van der Waals surface area contributed by atoms with Crippen molar-refractivity contribution >= 4 is 21.4 Å². The van der Waals surface area contributed by atoms with Gasteiger partial charge >= 0.3 is 0 Å². The molecule has 2 aliphatic rings. The van der Waals surface area contributed by atoms with Gasteiger partial charge in [-0.3, -0.25) is 4.72 Å². The van der Waals surface area contributed by atoms with Crippen LogP contribution in [0.5, 0.6) is 5.75 Å².